The average Bonchev–Trinajstić information content (AvgIpc) is 2.41. The van der Waals surface area contributed by atoms with E-state index in [1.807, 2.05) is 20.2 Å². The van der Waals surface area contributed by atoms with Crippen molar-refractivity contribution in [3.05, 3.63) is 52.8 Å². The van der Waals surface area contributed by atoms with Crippen LogP contribution >= 0.6 is 15.9 Å². The second kappa shape index (κ2) is 6.03. The largest absolute Gasteiger partial charge is 0.376 e. The van der Waals surface area contributed by atoms with Crippen LogP contribution in [0.25, 0.3) is 0 Å². The third-order valence-corrected chi connectivity index (χ3v) is 4.84. The number of hydrogen-bond acceptors (Lipinski definition) is 3. The van der Waals surface area contributed by atoms with Crippen LogP contribution in [0.3, 0.4) is 0 Å². The van der Waals surface area contributed by atoms with E-state index in [0.717, 1.165) is 11.8 Å². The van der Waals surface area contributed by atoms with Crippen LogP contribution in [0, 0.1) is 5.82 Å². The maximum Gasteiger partial charge on any atom is 0.262 e. The molecule has 0 amide bonds. The van der Waals surface area contributed by atoms with Crippen LogP contribution in [-0.4, -0.2) is 22.5 Å². The number of halogens is 2. The molecule has 0 aliphatic heterocycles. The van der Waals surface area contributed by atoms with Crippen molar-refractivity contribution in [1.29, 1.82) is 0 Å². The molecule has 1 N–H and O–H groups in total. The average molecular weight is 373 g/mol. The fraction of sp³-hybridized carbons (Fsp3) is 0.143. The minimum Gasteiger partial charge on any atom is -0.376 e. The third-order valence-electron chi connectivity index (χ3n) is 2.83. The van der Waals surface area contributed by atoms with E-state index in [0.29, 0.717) is 5.69 Å². The van der Waals surface area contributed by atoms with Gasteiger partial charge in [0, 0.05) is 14.1 Å². The standard InChI is InChI=1S/C14H14BrFN2O2S/c1-18(2)14-6-4-3-5-13(14)17-21(19,20)10-7-8-11(15)12(16)9-10/h3-9,17H,1-2H3. The van der Waals surface area contributed by atoms with Crippen molar-refractivity contribution in [3.8, 4) is 0 Å². The van der Waals surface area contributed by atoms with Gasteiger partial charge in [0.25, 0.3) is 10.0 Å². The van der Waals surface area contributed by atoms with E-state index in [1.54, 1.807) is 23.1 Å². The van der Waals surface area contributed by atoms with Gasteiger partial charge in [0.2, 0.25) is 0 Å². The first-order chi connectivity index (χ1) is 9.81. The molecular weight excluding hydrogens is 359 g/mol. The highest BCUT2D eigenvalue weighted by atomic mass is 79.9. The van der Waals surface area contributed by atoms with Gasteiger partial charge in [0.05, 0.1) is 20.7 Å². The predicted molar refractivity (Wildman–Crippen MR) is 85.7 cm³/mol. The Balaban J connectivity index is 2.40. The monoisotopic (exact) mass is 372 g/mol. The smallest absolute Gasteiger partial charge is 0.262 e. The molecule has 2 aromatic carbocycles. The topological polar surface area (TPSA) is 49.4 Å². The Bertz CT molecular complexity index is 763. The first-order valence-electron chi connectivity index (χ1n) is 6.05. The van der Waals surface area contributed by atoms with Crippen LogP contribution in [0.2, 0.25) is 0 Å². The van der Waals surface area contributed by atoms with Crippen molar-refractivity contribution in [1.82, 2.24) is 0 Å². The van der Waals surface area contributed by atoms with Gasteiger partial charge in [0.1, 0.15) is 5.82 Å². The molecule has 112 valence electrons. The molecule has 2 aromatic rings. The van der Waals surface area contributed by atoms with Crippen molar-refractivity contribution in [2.45, 2.75) is 4.90 Å². The molecule has 4 nitrogen and oxygen atoms in total. The van der Waals surface area contributed by atoms with Crippen LogP contribution in [0.15, 0.2) is 51.8 Å². The molecule has 0 spiro atoms. The van der Waals surface area contributed by atoms with Gasteiger partial charge >= 0.3 is 0 Å². The Morgan fingerprint density at radius 2 is 1.81 bits per heavy atom. The van der Waals surface area contributed by atoms with Crippen molar-refractivity contribution in [3.63, 3.8) is 0 Å². The zero-order valence-corrected chi connectivity index (χ0v) is 13.9. The number of benzene rings is 2. The fourth-order valence-corrected chi connectivity index (χ4v) is 3.13. The van der Waals surface area contributed by atoms with Gasteiger partial charge in [-0.05, 0) is 46.3 Å². The number of hydrogen-bond donors (Lipinski definition) is 1. The van der Waals surface area contributed by atoms with Crippen molar-refractivity contribution < 1.29 is 12.8 Å². The highest BCUT2D eigenvalue weighted by Gasteiger charge is 2.18. The summed E-state index contributed by atoms with van der Waals surface area (Å²) in [7, 11) is -0.222. The Labute approximate surface area is 131 Å². The molecule has 0 saturated heterocycles. The summed E-state index contributed by atoms with van der Waals surface area (Å²) < 4.78 is 40.9. The second-order valence-electron chi connectivity index (χ2n) is 4.59. The molecule has 2 rings (SSSR count). The van der Waals surface area contributed by atoms with Crippen molar-refractivity contribution >= 4 is 37.3 Å². The zero-order valence-electron chi connectivity index (χ0n) is 11.5. The van der Waals surface area contributed by atoms with Gasteiger partial charge < -0.3 is 4.90 Å². The molecule has 0 heterocycles. The van der Waals surface area contributed by atoms with Crippen molar-refractivity contribution in [2.24, 2.45) is 0 Å². The normalized spacial score (nSPS) is 11.2. The van der Waals surface area contributed by atoms with Crippen LogP contribution < -0.4 is 9.62 Å². The molecule has 0 bridgehead atoms. The van der Waals surface area contributed by atoms with Gasteiger partial charge in [0.15, 0.2) is 0 Å². The maximum atomic E-state index is 13.5. The fourth-order valence-electron chi connectivity index (χ4n) is 1.80. The minimum atomic E-state index is -3.85. The Hall–Kier alpha value is -1.60. The number of nitrogens with zero attached hydrogens (tertiary/aromatic N) is 1. The summed E-state index contributed by atoms with van der Waals surface area (Å²) in [6, 6.07) is 10.7. The van der Waals surface area contributed by atoms with Crippen molar-refractivity contribution in [2.75, 3.05) is 23.7 Å². The van der Waals surface area contributed by atoms with Crippen LogP contribution in [0.1, 0.15) is 0 Å². The SMILES string of the molecule is CN(C)c1ccccc1NS(=O)(=O)c1ccc(Br)c(F)c1. The summed E-state index contributed by atoms with van der Waals surface area (Å²) in [5.74, 6) is -0.626. The van der Waals surface area contributed by atoms with E-state index in [9.17, 15) is 12.8 Å². The van der Waals surface area contributed by atoms with Crippen LogP contribution in [0.5, 0.6) is 0 Å². The lowest BCUT2D eigenvalue weighted by atomic mass is 10.2. The highest BCUT2D eigenvalue weighted by Crippen LogP contribution is 2.27. The van der Waals surface area contributed by atoms with E-state index < -0.39 is 15.8 Å². The summed E-state index contributed by atoms with van der Waals surface area (Å²) in [6.07, 6.45) is 0. The molecule has 7 heteroatoms. The first kappa shape index (κ1) is 15.8. The summed E-state index contributed by atoms with van der Waals surface area (Å²) in [5.41, 5.74) is 1.16. The van der Waals surface area contributed by atoms with E-state index in [1.165, 1.54) is 12.1 Å². The maximum absolute atomic E-state index is 13.5. The second-order valence-corrected chi connectivity index (χ2v) is 7.13. The number of rotatable bonds is 4. The number of sulfonamides is 1. The Kier molecular flexibility index (Phi) is 4.53. The number of nitrogens with one attached hydrogen (secondary N) is 1. The van der Waals surface area contributed by atoms with Gasteiger partial charge in [-0.25, -0.2) is 12.8 Å². The van der Waals surface area contributed by atoms with Gasteiger partial charge in [-0.2, -0.15) is 0 Å². The van der Waals surface area contributed by atoms with E-state index >= 15 is 0 Å². The van der Waals surface area contributed by atoms with Crippen LogP contribution in [-0.2, 0) is 10.0 Å². The summed E-state index contributed by atoms with van der Waals surface area (Å²) in [5, 5.41) is 0. The molecule has 21 heavy (non-hydrogen) atoms. The lowest BCUT2D eigenvalue weighted by Gasteiger charge is -2.18. The first-order valence-corrected chi connectivity index (χ1v) is 8.33. The quantitative estimate of drug-likeness (QED) is 0.893. The lowest BCUT2D eigenvalue weighted by molar-refractivity contribution is 0.593. The molecule has 0 radical (unpaired) electrons. The molecular formula is C14H14BrFN2O2S. The van der Waals surface area contributed by atoms with E-state index in [2.05, 4.69) is 20.7 Å². The van der Waals surface area contributed by atoms with Crippen LogP contribution in [0.4, 0.5) is 15.8 Å². The number of anilines is 2. The third kappa shape index (κ3) is 3.54. The molecule has 0 aliphatic carbocycles. The minimum absolute atomic E-state index is 0.128. The lowest BCUT2D eigenvalue weighted by Crippen LogP contribution is -2.17. The van der Waals surface area contributed by atoms with Gasteiger partial charge in [-0.3, -0.25) is 4.72 Å². The van der Waals surface area contributed by atoms with Gasteiger partial charge in [-0.15, -0.1) is 0 Å². The molecule has 0 aliphatic rings. The summed E-state index contributed by atoms with van der Waals surface area (Å²) in [6.45, 7) is 0. The molecule has 0 fully saturated rings. The number of para-hydroxylation sites is 2. The predicted octanol–water partition coefficient (Wildman–Crippen LogP) is 3.46. The molecule has 0 aromatic heterocycles. The molecule has 0 unspecified atom stereocenters. The van der Waals surface area contributed by atoms with E-state index in [-0.39, 0.29) is 9.37 Å². The molecule has 0 saturated carbocycles. The summed E-state index contributed by atoms with van der Waals surface area (Å²) in [4.78, 5) is 1.66. The van der Waals surface area contributed by atoms with E-state index in [4.69, 9.17) is 0 Å². The van der Waals surface area contributed by atoms with Gasteiger partial charge in [-0.1, -0.05) is 12.1 Å². The Morgan fingerprint density at radius 1 is 1.14 bits per heavy atom. The highest BCUT2D eigenvalue weighted by molar-refractivity contribution is 9.10. The molecule has 0 atom stereocenters. The summed E-state index contributed by atoms with van der Waals surface area (Å²) >= 11 is 3.00. The Morgan fingerprint density at radius 3 is 2.43 bits per heavy atom. The zero-order chi connectivity index (χ0) is 15.6.